The highest BCUT2D eigenvalue weighted by Gasteiger charge is 2.45. The second-order valence-electron chi connectivity index (χ2n) is 6.99. The van der Waals surface area contributed by atoms with Crippen LogP contribution < -0.4 is 5.32 Å². The number of urea groups is 1. The Morgan fingerprint density at radius 2 is 2.00 bits per heavy atom. The lowest BCUT2D eigenvalue weighted by molar-refractivity contribution is -0.148. The van der Waals surface area contributed by atoms with Crippen LogP contribution in [0.5, 0.6) is 0 Å². The summed E-state index contributed by atoms with van der Waals surface area (Å²) in [5.74, 6) is -0.380. The molecule has 0 bridgehead atoms. The number of hydrogen-bond acceptors (Lipinski definition) is 3. The number of halogens is 1. The average molecular weight is 349 g/mol. The Labute approximate surface area is 146 Å². The fourth-order valence-corrected chi connectivity index (χ4v) is 3.53. The summed E-state index contributed by atoms with van der Waals surface area (Å²) in [6.07, 6.45) is 2.62. The SMILES string of the molecule is CN(C)C(=O)C1CCC2(CCN(C(=O)Nc3cccc(F)c3)CC2)O1. The molecule has 0 aromatic heterocycles. The molecule has 0 radical (unpaired) electrons. The van der Waals surface area contributed by atoms with Crippen molar-refractivity contribution in [1.82, 2.24) is 9.80 Å². The molecule has 3 amide bonds. The van der Waals surface area contributed by atoms with E-state index in [1.807, 2.05) is 0 Å². The summed E-state index contributed by atoms with van der Waals surface area (Å²) in [5, 5.41) is 2.72. The van der Waals surface area contributed by atoms with E-state index in [1.54, 1.807) is 36.0 Å². The van der Waals surface area contributed by atoms with Crippen molar-refractivity contribution in [3.63, 3.8) is 0 Å². The van der Waals surface area contributed by atoms with Gasteiger partial charge in [-0.25, -0.2) is 9.18 Å². The van der Waals surface area contributed by atoms with Gasteiger partial charge < -0.3 is 19.9 Å². The fraction of sp³-hybridized carbons (Fsp3) is 0.556. The predicted octanol–water partition coefficient (Wildman–Crippen LogP) is 2.46. The van der Waals surface area contributed by atoms with E-state index in [1.165, 1.54) is 12.1 Å². The smallest absolute Gasteiger partial charge is 0.321 e. The Bertz CT molecular complexity index is 657. The molecule has 2 aliphatic rings. The van der Waals surface area contributed by atoms with Gasteiger partial charge in [0.05, 0.1) is 5.60 Å². The zero-order chi connectivity index (χ0) is 18.0. The second kappa shape index (κ2) is 7.00. The highest BCUT2D eigenvalue weighted by atomic mass is 19.1. The van der Waals surface area contributed by atoms with Crippen LogP contribution in [0.3, 0.4) is 0 Å². The summed E-state index contributed by atoms with van der Waals surface area (Å²) >= 11 is 0. The zero-order valence-electron chi connectivity index (χ0n) is 14.6. The van der Waals surface area contributed by atoms with Crippen LogP contribution in [-0.2, 0) is 9.53 Å². The van der Waals surface area contributed by atoms with E-state index in [9.17, 15) is 14.0 Å². The maximum Gasteiger partial charge on any atom is 0.321 e. The Kier molecular flexibility index (Phi) is 4.94. The van der Waals surface area contributed by atoms with Crippen LogP contribution in [0.25, 0.3) is 0 Å². The molecule has 0 saturated carbocycles. The maximum atomic E-state index is 13.2. The predicted molar refractivity (Wildman–Crippen MR) is 91.8 cm³/mol. The van der Waals surface area contributed by atoms with E-state index < -0.39 is 0 Å². The largest absolute Gasteiger partial charge is 0.362 e. The fourth-order valence-electron chi connectivity index (χ4n) is 3.53. The molecule has 0 aliphatic carbocycles. The molecular formula is C18H24FN3O3. The lowest BCUT2D eigenvalue weighted by Crippen LogP contribution is -2.48. The number of likely N-dealkylation sites (tertiary alicyclic amines) is 1. The van der Waals surface area contributed by atoms with E-state index >= 15 is 0 Å². The summed E-state index contributed by atoms with van der Waals surface area (Å²) < 4.78 is 19.3. The average Bonchev–Trinajstić information content (AvgIpc) is 2.98. The van der Waals surface area contributed by atoms with Crippen LogP contribution in [-0.4, -0.2) is 60.6 Å². The van der Waals surface area contributed by atoms with E-state index in [4.69, 9.17) is 4.74 Å². The highest BCUT2D eigenvalue weighted by Crippen LogP contribution is 2.39. The summed E-state index contributed by atoms with van der Waals surface area (Å²) in [6.45, 7) is 1.12. The highest BCUT2D eigenvalue weighted by molar-refractivity contribution is 5.89. The van der Waals surface area contributed by atoms with Crippen molar-refractivity contribution in [2.75, 3.05) is 32.5 Å². The van der Waals surface area contributed by atoms with E-state index in [0.717, 1.165) is 12.8 Å². The van der Waals surface area contributed by atoms with Gasteiger partial charge in [0.25, 0.3) is 5.91 Å². The van der Waals surface area contributed by atoms with Gasteiger partial charge in [0.2, 0.25) is 0 Å². The Morgan fingerprint density at radius 3 is 2.64 bits per heavy atom. The summed E-state index contributed by atoms with van der Waals surface area (Å²) in [7, 11) is 3.46. The number of anilines is 1. The lowest BCUT2D eigenvalue weighted by atomic mass is 9.88. The molecule has 2 aliphatic heterocycles. The molecule has 136 valence electrons. The van der Waals surface area contributed by atoms with Gasteiger partial charge >= 0.3 is 6.03 Å². The second-order valence-corrected chi connectivity index (χ2v) is 6.99. The summed E-state index contributed by atoms with van der Waals surface area (Å²) in [5.41, 5.74) is 0.144. The zero-order valence-corrected chi connectivity index (χ0v) is 14.6. The number of nitrogens with one attached hydrogen (secondary N) is 1. The third kappa shape index (κ3) is 3.92. The first-order valence-electron chi connectivity index (χ1n) is 8.59. The monoisotopic (exact) mass is 349 g/mol. The topological polar surface area (TPSA) is 61.9 Å². The standard InChI is InChI=1S/C18H24FN3O3/c1-21(2)16(23)15-6-7-18(25-15)8-10-22(11-9-18)17(24)20-14-5-3-4-13(19)12-14/h3-5,12,15H,6-11H2,1-2H3,(H,20,24). The number of benzene rings is 1. The van der Waals surface area contributed by atoms with Gasteiger partial charge in [-0.3, -0.25) is 4.79 Å². The Balaban J connectivity index is 1.53. The normalized spacial score (nSPS) is 22.0. The number of amides is 3. The maximum absolute atomic E-state index is 13.2. The van der Waals surface area contributed by atoms with E-state index in [-0.39, 0.29) is 29.5 Å². The van der Waals surface area contributed by atoms with Crippen molar-refractivity contribution in [1.29, 1.82) is 0 Å². The minimum absolute atomic E-state index is 0.00292. The molecule has 7 heteroatoms. The van der Waals surface area contributed by atoms with Gasteiger partial charge in [-0.2, -0.15) is 0 Å². The summed E-state index contributed by atoms with van der Waals surface area (Å²) in [4.78, 5) is 27.7. The first kappa shape index (κ1) is 17.7. The number of nitrogens with zero attached hydrogens (tertiary/aromatic N) is 2. The molecule has 1 aromatic carbocycles. The van der Waals surface area contributed by atoms with E-state index in [0.29, 0.717) is 31.6 Å². The molecule has 25 heavy (non-hydrogen) atoms. The van der Waals surface area contributed by atoms with Crippen molar-refractivity contribution in [3.05, 3.63) is 30.1 Å². The van der Waals surface area contributed by atoms with Gasteiger partial charge in [-0.05, 0) is 43.9 Å². The first-order chi connectivity index (χ1) is 11.9. The Hall–Kier alpha value is -2.15. The van der Waals surface area contributed by atoms with Crippen molar-refractivity contribution < 1.29 is 18.7 Å². The molecular weight excluding hydrogens is 325 g/mol. The molecule has 2 saturated heterocycles. The quantitative estimate of drug-likeness (QED) is 0.892. The number of likely N-dealkylation sites (N-methyl/N-ethyl adjacent to an activating group) is 1. The van der Waals surface area contributed by atoms with Crippen molar-refractivity contribution in [2.24, 2.45) is 0 Å². The molecule has 1 N–H and O–H groups in total. The van der Waals surface area contributed by atoms with Crippen LogP contribution in [0.4, 0.5) is 14.9 Å². The van der Waals surface area contributed by atoms with Gasteiger partial charge in [0.1, 0.15) is 11.9 Å². The molecule has 6 nitrogen and oxygen atoms in total. The number of hydrogen-bond donors (Lipinski definition) is 1. The molecule has 1 atom stereocenters. The van der Waals surface area contributed by atoms with Gasteiger partial charge in [0.15, 0.2) is 0 Å². The number of carbonyl (C=O) groups excluding carboxylic acids is 2. The van der Waals surface area contributed by atoms with Crippen molar-refractivity contribution >= 4 is 17.6 Å². The van der Waals surface area contributed by atoms with Crippen LogP contribution in [0.15, 0.2) is 24.3 Å². The minimum Gasteiger partial charge on any atom is -0.362 e. The Morgan fingerprint density at radius 1 is 1.28 bits per heavy atom. The molecule has 3 rings (SSSR count). The number of carbonyl (C=O) groups is 2. The summed E-state index contributed by atoms with van der Waals surface area (Å²) in [6, 6.07) is 5.61. The molecule has 1 unspecified atom stereocenters. The van der Waals surface area contributed by atoms with Crippen molar-refractivity contribution in [2.45, 2.75) is 37.4 Å². The van der Waals surface area contributed by atoms with Gasteiger partial charge in [-0.1, -0.05) is 6.07 Å². The first-order valence-corrected chi connectivity index (χ1v) is 8.59. The van der Waals surface area contributed by atoms with Gasteiger partial charge in [-0.15, -0.1) is 0 Å². The van der Waals surface area contributed by atoms with E-state index in [2.05, 4.69) is 5.32 Å². The third-order valence-electron chi connectivity index (χ3n) is 5.01. The van der Waals surface area contributed by atoms with Crippen LogP contribution in [0.2, 0.25) is 0 Å². The van der Waals surface area contributed by atoms with Crippen LogP contribution >= 0.6 is 0 Å². The molecule has 2 fully saturated rings. The lowest BCUT2D eigenvalue weighted by Gasteiger charge is -2.39. The third-order valence-corrected chi connectivity index (χ3v) is 5.01. The van der Waals surface area contributed by atoms with Crippen LogP contribution in [0.1, 0.15) is 25.7 Å². The number of ether oxygens (including phenoxy) is 1. The van der Waals surface area contributed by atoms with Crippen molar-refractivity contribution in [3.8, 4) is 0 Å². The van der Waals surface area contributed by atoms with Crippen LogP contribution in [0, 0.1) is 5.82 Å². The minimum atomic E-state index is -0.383. The van der Waals surface area contributed by atoms with Gasteiger partial charge in [0, 0.05) is 32.9 Å². The number of piperidine rings is 1. The number of rotatable bonds is 2. The molecule has 2 heterocycles. The molecule has 1 spiro atoms. The molecule has 1 aromatic rings.